The average Bonchev–Trinajstić information content (AvgIpc) is 2.51. The van der Waals surface area contributed by atoms with Crippen LogP contribution in [0.1, 0.15) is 5.82 Å². The molecule has 1 heterocycles. The van der Waals surface area contributed by atoms with Crippen molar-refractivity contribution in [2.24, 2.45) is 12.8 Å². The van der Waals surface area contributed by atoms with Crippen LogP contribution in [-0.2, 0) is 17.6 Å². The van der Waals surface area contributed by atoms with Gasteiger partial charge in [0.2, 0.25) is 0 Å². The number of aryl methyl sites for hydroxylation is 1. The van der Waals surface area contributed by atoms with Gasteiger partial charge < -0.3 is 15.4 Å². The molecule has 1 atom stereocenters. The van der Waals surface area contributed by atoms with Crippen LogP contribution < -0.4 is 5.73 Å². The molecule has 78 valence electrons. The molecule has 0 spiro atoms. The van der Waals surface area contributed by atoms with Crippen molar-refractivity contribution in [1.82, 2.24) is 9.55 Å². The van der Waals surface area contributed by atoms with E-state index in [1.165, 1.54) is 11.8 Å². The monoisotopic (exact) mass is 215 g/mol. The molecular formula is C8H13N3O2S. The Morgan fingerprint density at radius 1 is 1.86 bits per heavy atom. The van der Waals surface area contributed by atoms with Crippen LogP contribution in [0.3, 0.4) is 0 Å². The Labute approximate surface area is 86.3 Å². The highest BCUT2D eigenvalue weighted by molar-refractivity contribution is 7.98. The molecule has 14 heavy (non-hydrogen) atoms. The molecule has 0 unspecified atom stereocenters. The van der Waals surface area contributed by atoms with Crippen molar-refractivity contribution in [3.8, 4) is 0 Å². The molecule has 0 saturated carbocycles. The Bertz CT molecular complexity index is 313. The highest BCUT2D eigenvalue weighted by Crippen LogP contribution is 2.10. The number of aromatic nitrogens is 2. The Balaban J connectivity index is 2.29. The van der Waals surface area contributed by atoms with Crippen molar-refractivity contribution in [2.45, 2.75) is 11.8 Å². The SMILES string of the molecule is Cn1ccnc1CSC[C@H](N)C(=O)O. The van der Waals surface area contributed by atoms with Gasteiger partial charge in [0.05, 0.1) is 5.75 Å². The van der Waals surface area contributed by atoms with E-state index in [0.29, 0.717) is 11.5 Å². The van der Waals surface area contributed by atoms with Crippen LogP contribution in [0.25, 0.3) is 0 Å². The lowest BCUT2D eigenvalue weighted by Gasteiger charge is -2.05. The van der Waals surface area contributed by atoms with Gasteiger partial charge in [0, 0.05) is 25.2 Å². The van der Waals surface area contributed by atoms with Crippen molar-refractivity contribution in [3.05, 3.63) is 18.2 Å². The molecule has 0 aromatic carbocycles. The van der Waals surface area contributed by atoms with E-state index >= 15 is 0 Å². The van der Waals surface area contributed by atoms with Gasteiger partial charge in [0.15, 0.2) is 0 Å². The Morgan fingerprint density at radius 2 is 2.57 bits per heavy atom. The second-order valence-electron chi connectivity index (χ2n) is 2.91. The number of carbonyl (C=O) groups is 1. The summed E-state index contributed by atoms with van der Waals surface area (Å²) in [5, 5.41) is 8.53. The molecule has 0 aliphatic heterocycles. The average molecular weight is 215 g/mol. The summed E-state index contributed by atoms with van der Waals surface area (Å²) in [5.74, 6) is 1.05. The lowest BCUT2D eigenvalue weighted by molar-refractivity contribution is -0.137. The number of rotatable bonds is 5. The zero-order chi connectivity index (χ0) is 10.6. The van der Waals surface area contributed by atoms with Crippen LogP contribution in [0.4, 0.5) is 0 Å². The number of nitrogens with two attached hydrogens (primary N) is 1. The molecule has 1 rings (SSSR count). The maximum absolute atomic E-state index is 10.4. The van der Waals surface area contributed by atoms with Crippen molar-refractivity contribution in [3.63, 3.8) is 0 Å². The molecule has 6 heteroatoms. The maximum atomic E-state index is 10.4. The number of imidazole rings is 1. The predicted octanol–water partition coefficient (Wildman–Crippen LogP) is 0.0652. The summed E-state index contributed by atoms with van der Waals surface area (Å²) in [6.07, 6.45) is 3.57. The zero-order valence-corrected chi connectivity index (χ0v) is 8.70. The Hall–Kier alpha value is -1.01. The second kappa shape index (κ2) is 5.02. The number of aliphatic carboxylic acids is 1. The summed E-state index contributed by atoms with van der Waals surface area (Å²) in [5.41, 5.74) is 5.35. The summed E-state index contributed by atoms with van der Waals surface area (Å²) in [6.45, 7) is 0. The van der Waals surface area contributed by atoms with E-state index in [1.54, 1.807) is 6.20 Å². The molecule has 1 aromatic heterocycles. The second-order valence-corrected chi connectivity index (χ2v) is 3.94. The summed E-state index contributed by atoms with van der Waals surface area (Å²) < 4.78 is 1.90. The quantitative estimate of drug-likeness (QED) is 0.726. The van der Waals surface area contributed by atoms with Gasteiger partial charge in [-0.05, 0) is 0 Å². The van der Waals surface area contributed by atoms with Crippen molar-refractivity contribution >= 4 is 17.7 Å². The van der Waals surface area contributed by atoms with E-state index in [-0.39, 0.29) is 0 Å². The van der Waals surface area contributed by atoms with Crippen LogP contribution in [0.5, 0.6) is 0 Å². The van der Waals surface area contributed by atoms with Gasteiger partial charge >= 0.3 is 5.97 Å². The number of hydrogen-bond donors (Lipinski definition) is 2. The summed E-state index contributed by atoms with van der Waals surface area (Å²) in [6, 6.07) is -0.791. The molecule has 5 nitrogen and oxygen atoms in total. The minimum absolute atomic E-state index is 0.405. The van der Waals surface area contributed by atoms with Gasteiger partial charge in [-0.1, -0.05) is 0 Å². The van der Waals surface area contributed by atoms with E-state index in [1.807, 2.05) is 17.8 Å². The van der Waals surface area contributed by atoms with Crippen LogP contribution in [0, 0.1) is 0 Å². The standard InChI is InChI=1S/C8H13N3O2S/c1-11-3-2-10-7(11)5-14-4-6(9)8(12)13/h2-3,6H,4-5,9H2,1H3,(H,12,13)/t6-/m0/s1. The molecule has 0 bridgehead atoms. The summed E-state index contributed by atoms with van der Waals surface area (Å²) >= 11 is 1.47. The van der Waals surface area contributed by atoms with E-state index in [9.17, 15) is 4.79 Å². The third-order valence-electron chi connectivity index (χ3n) is 1.77. The Kier molecular flexibility index (Phi) is 3.97. The fourth-order valence-electron chi connectivity index (χ4n) is 0.884. The van der Waals surface area contributed by atoms with E-state index in [4.69, 9.17) is 10.8 Å². The van der Waals surface area contributed by atoms with Crippen molar-refractivity contribution in [2.75, 3.05) is 5.75 Å². The highest BCUT2D eigenvalue weighted by atomic mass is 32.2. The topological polar surface area (TPSA) is 81.1 Å². The first-order valence-electron chi connectivity index (χ1n) is 4.13. The first-order chi connectivity index (χ1) is 6.61. The molecule has 0 fully saturated rings. The summed E-state index contributed by atoms with van der Waals surface area (Å²) in [4.78, 5) is 14.5. The largest absolute Gasteiger partial charge is 0.480 e. The fourth-order valence-corrected chi connectivity index (χ4v) is 1.86. The first kappa shape index (κ1) is 11.1. The van der Waals surface area contributed by atoms with Gasteiger partial charge in [-0.25, -0.2) is 4.98 Å². The molecule has 3 N–H and O–H groups in total. The number of carboxylic acids is 1. The number of carboxylic acid groups (broad SMARTS) is 1. The smallest absolute Gasteiger partial charge is 0.321 e. The highest BCUT2D eigenvalue weighted by Gasteiger charge is 2.11. The summed E-state index contributed by atoms with van der Waals surface area (Å²) in [7, 11) is 1.90. The van der Waals surface area contributed by atoms with Crippen molar-refractivity contribution < 1.29 is 9.90 Å². The molecular weight excluding hydrogens is 202 g/mol. The van der Waals surface area contributed by atoms with Crippen LogP contribution in [0.15, 0.2) is 12.4 Å². The predicted molar refractivity (Wildman–Crippen MR) is 55.0 cm³/mol. The van der Waals surface area contributed by atoms with E-state index < -0.39 is 12.0 Å². The molecule has 0 aliphatic rings. The molecule has 0 aliphatic carbocycles. The third kappa shape index (κ3) is 3.04. The lowest BCUT2D eigenvalue weighted by Crippen LogP contribution is -2.32. The number of hydrogen-bond acceptors (Lipinski definition) is 4. The van der Waals surface area contributed by atoms with Gasteiger partial charge in [0.25, 0.3) is 0 Å². The molecule has 0 saturated heterocycles. The van der Waals surface area contributed by atoms with Crippen LogP contribution in [0.2, 0.25) is 0 Å². The fraction of sp³-hybridized carbons (Fsp3) is 0.500. The van der Waals surface area contributed by atoms with Gasteiger partial charge in [-0.2, -0.15) is 11.8 Å². The molecule has 1 aromatic rings. The molecule has 0 amide bonds. The minimum Gasteiger partial charge on any atom is -0.480 e. The van der Waals surface area contributed by atoms with Crippen molar-refractivity contribution in [1.29, 1.82) is 0 Å². The third-order valence-corrected chi connectivity index (χ3v) is 2.82. The van der Waals surface area contributed by atoms with Crippen LogP contribution >= 0.6 is 11.8 Å². The molecule has 0 radical (unpaired) electrons. The van der Waals surface area contributed by atoms with Gasteiger partial charge in [-0.3, -0.25) is 4.79 Å². The normalized spacial score (nSPS) is 12.7. The zero-order valence-electron chi connectivity index (χ0n) is 7.88. The Morgan fingerprint density at radius 3 is 3.07 bits per heavy atom. The van der Waals surface area contributed by atoms with Crippen LogP contribution in [-0.4, -0.2) is 32.4 Å². The maximum Gasteiger partial charge on any atom is 0.321 e. The van der Waals surface area contributed by atoms with E-state index in [2.05, 4.69) is 4.98 Å². The van der Waals surface area contributed by atoms with E-state index in [0.717, 1.165) is 5.82 Å². The lowest BCUT2D eigenvalue weighted by atomic mass is 10.4. The van der Waals surface area contributed by atoms with Gasteiger partial charge in [0.1, 0.15) is 11.9 Å². The minimum atomic E-state index is -0.961. The first-order valence-corrected chi connectivity index (χ1v) is 5.29. The van der Waals surface area contributed by atoms with Gasteiger partial charge in [-0.15, -0.1) is 0 Å². The number of thioether (sulfide) groups is 1. The number of nitrogens with zero attached hydrogens (tertiary/aromatic N) is 2.